The van der Waals surface area contributed by atoms with Gasteiger partial charge in [0, 0.05) is 44.1 Å². The molecule has 1 aliphatic heterocycles. The van der Waals surface area contributed by atoms with E-state index >= 15 is 0 Å². The lowest BCUT2D eigenvalue weighted by Crippen LogP contribution is -2.37. The molecule has 1 amide bonds. The Labute approximate surface area is 197 Å². The number of amides is 1. The van der Waals surface area contributed by atoms with Gasteiger partial charge in [-0.1, -0.05) is 29.8 Å². The average Bonchev–Trinajstić information content (AvgIpc) is 3.26. The van der Waals surface area contributed by atoms with Crippen molar-refractivity contribution in [2.75, 3.05) is 31.2 Å². The Kier molecular flexibility index (Phi) is 6.18. The third-order valence-electron chi connectivity index (χ3n) is 5.88. The maximum atomic E-state index is 13.1. The zero-order chi connectivity index (χ0) is 23.5. The fourth-order valence-electron chi connectivity index (χ4n) is 4.19. The Balaban J connectivity index is 1.57. The van der Waals surface area contributed by atoms with Crippen molar-refractivity contribution < 1.29 is 9.53 Å². The number of hydrogen-bond donors (Lipinski definition) is 1. The van der Waals surface area contributed by atoms with Crippen LogP contribution < -0.4 is 10.2 Å². The molecule has 0 spiro atoms. The van der Waals surface area contributed by atoms with E-state index in [2.05, 4.69) is 26.3 Å². The van der Waals surface area contributed by atoms with Crippen LogP contribution in [0.4, 0.5) is 5.82 Å². The summed E-state index contributed by atoms with van der Waals surface area (Å²) in [5, 5.41) is 2.97. The van der Waals surface area contributed by atoms with Crippen molar-refractivity contribution >= 4 is 22.9 Å². The van der Waals surface area contributed by atoms with E-state index in [-0.39, 0.29) is 11.7 Å². The molecule has 0 unspecified atom stereocenters. The molecule has 34 heavy (non-hydrogen) atoms. The van der Waals surface area contributed by atoms with Crippen LogP contribution in [0.15, 0.2) is 48.8 Å². The number of hydrogen-bond acceptors (Lipinski definition) is 7. The molecule has 174 valence electrons. The number of rotatable bonds is 6. The van der Waals surface area contributed by atoms with Crippen LogP contribution in [-0.2, 0) is 17.8 Å². The third kappa shape index (κ3) is 4.34. The predicted molar refractivity (Wildman–Crippen MR) is 130 cm³/mol. The lowest BCUT2D eigenvalue weighted by Gasteiger charge is -2.28. The molecule has 5 rings (SSSR count). The first-order valence-corrected chi connectivity index (χ1v) is 11.5. The van der Waals surface area contributed by atoms with Crippen LogP contribution in [-0.4, -0.2) is 56.7 Å². The molecule has 1 aliphatic rings. The number of aromatic nitrogens is 5. The SMILES string of the molecule is CCn1c(-c2ccncc2)nc2c(N3CCOCC3)nc(C(=O)NCc3cccc(C)c3)nc21. The normalized spacial score (nSPS) is 13.9. The number of morpholine rings is 1. The van der Waals surface area contributed by atoms with Gasteiger partial charge in [-0.05, 0) is 31.5 Å². The standard InChI is InChI=1S/C25H27N7O2/c1-3-32-22(19-7-9-26-10-8-19)28-20-23(31-11-13-34-14-12-31)29-21(30-24(20)32)25(33)27-16-18-6-4-5-17(2)15-18/h4-10,15H,3,11-14,16H2,1-2H3,(H,27,33). The Morgan fingerprint density at radius 3 is 2.62 bits per heavy atom. The van der Waals surface area contributed by atoms with Crippen LogP contribution in [0.1, 0.15) is 28.7 Å². The number of benzene rings is 1. The number of pyridine rings is 1. The fraction of sp³-hybridized carbons (Fsp3) is 0.320. The number of fused-ring (bicyclic) bond motifs is 1. The molecule has 0 radical (unpaired) electrons. The third-order valence-corrected chi connectivity index (χ3v) is 5.88. The summed E-state index contributed by atoms with van der Waals surface area (Å²) < 4.78 is 7.55. The van der Waals surface area contributed by atoms with Crippen LogP contribution in [0.3, 0.4) is 0 Å². The number of carbonyl (C=O) groups excluding carboxylic acids is 1. The number of nitrogens with zero attached hydrogens (tertiary/aromatic N) is 6. The second kappa shape index (κ2) is 9.56. The molecule has 0 aliphatic carbocycles. The topological polar surface area (TPSA) is 98.1 Å². The van der Waals surface area contributed by atoms with E-state index in [4.69, 9.17) is 14.7 Å². The quantitative estimate of drug-likeness (QED) is 0.475. The first-order chi connectivity index (χ1) is 16.6. The summed E-state index contributed by atoms with van der Waals surface area (Å²) >= 11 is 0. The number of ether oxygens (including phenoxy) is 1. The molecule has 1 saturated heterocycles. The van der Waals surface area contributed by atoms with E-state index in [0.29, 0.717) is 56.4 Å². The molecule has 9 heteroatoms. The molecule has 4 aromatic rings. The van der Waals surface area contributed by atoms with Crippen molar-refractivity contribution in [1.82, 2.24) is 29.8 Å². The zero-order valence-corrected chi connectivity index (χ0v) is 19.4. The van der Waals surface area contributed by atoms with E-state index in [0.717, 1.165) is 22.5 Å². The predicted octanol–water partition coefficient (Wildman–Crippen LogP) is 2.98. The molecule has 0 saturated carbocycles. The first kappa shape index (κ1) is 22.0. The maximum absolute atomic E-state index is 13.1. The fourth-order valence-corrected chi connectivity index (χ4v) is 4.19. The second-order valence-corrected chi connectivity index (χ2v) is 8.23. The number of anilines is 1. The van der Waals surface area contributed by atoms with E-state index in [1.807, 2.05) is 48.7 Å². The number of aryl methyl sites for hydroxylation is 2. The Morgan fingerprint density at radius 2 is 1.88 bits per heavy atom. The smallest absolute Gasteiger partial charge is 0.289 e. The maximum Gasteiger partial charge on any atom is 0.289 e. The highest BCUT2D eigenvalue weighted by Gasteiger charge is 2.25. The van der Waals surface area contributed by atoms with Crippen LogP contribution in [0.5, 0.6) is 0 Å². The van der Waals surface area contributed by atoms with Crippen molar-refractivity contribution in [3.05, 3.63) is 65.7 Å². The Hall–Kier alpha value is -3.85. The highest BCUT2D eigenvalue weighted by atomic mass is 16.5. The van der Waals surface area contributed by atoms with Gasteiger partial charge >= 0.3 is 0 Å². The van der Waals surface area contributed by atoms with Crippen molar-refractivity contribution in [1.29, 1.82) is 0 Å². The molecule has 1 fully saturated rings. The molecule has 9 nitrogen and oxygen atoms in total. The molecule has 4 heterocycles. The van der Waals surface area contributed by atoms with Crippen molar-refractivity contribution in [2.24, 2.45) is 0 Å². The lowest BCUT2D eigenvalue weighted by atomic mass is 10.1. The largest absolute Gasteiger partial charge is 0.378 e. The number of carbonyl (C=O) groups is 1. The van der Waals surface area contributed by atoms with Crippen molar-refractivity contribution in [3.8, 4) is 11.4 Å². The van der Waals surface area contributed by atoms with Gasteiger partial charge in [0.15, 0.2) is 17.0 Å². The molecule has 3 aromatic heterocycles. The van der Waals surface area contributed by atoms with Gasteiger partial charge in [-0.25, -0.2) is 15.0 Å². The molecule has 1 aromatic carbocycles. The van der Waals surface area contributed by atoms with Crippen molar-refractivity contribution in [2.45, 2.75) is 26.9 Å². The highest BCUT2D eigenvalue weighted by Crippen LogP contribution is 2.29. The summed E-state index contributed by atoms with van der Waals surface area (Å²) in [4.78, 5) is 33.7. The van der Waals surface area contributed by atoms with Gasteiger partial charge in [0.1, 0.15) is 5.82 Å². The first-order valence-electron chi connectivity index (χ1n) is 11.5. The summed E-state index contributed by atoms with van der Waals surface area (Å²) in [6.45, 7) is 7.70. The molecule has 1 N–H and O–H groups in total. The molecular weight excluding hydrogens is 430 g/mol. The van der Waals surface area contributed by atoms with E-state index < -0.39 is 0 Å². The van der Waals surface area contributed by atoms with Crippen molar-refractivity contribution in [3.63, 3.8) is 0 Å². The molecule has 0 atom stereocenters. The van der Waals surface area contributed by atoms with Crippen LogP contribution in [0.25, 0.3) is 22.6 Å². The monoisotopic (exact) mass is 457 g/mol. The van der Waals surface area contributed by atoms with E-state index in [1.165, 1.54) is 0 Å². The Bertz CT molecular complexity index is 1310. The van der Waals surface area contributed by atoms with Crippen LogP contribution in [0.2, 0.25) is 0 Å². The Morgan fingerprint density at radius 1 is 1.09 bits per heavy atom. The van der Waals surface area contributed by atoms with Gasteiger partial charge in [-0.2, -0.15) is 0 Å². The van der Waals surface area contributed by atoms with Gasteiger partial charge in [0.2, 0.25) is 5.82 Å². The number of nitrogens with one attached hydrogen (secondary N) is 1. The van der Waals surface area contributed by atoms with Gasteiger partial charge in [0.05, 0.1) is 13.2 Å². The summed E-state index contributed by atoms with van der Waals surface area (Å²) in [6, 6.07) is 11.9. The summed E-state index contributed by atoms with van der Waals surface area (Å²) in [7, 11) is 0. The second-order valence-electron chi connectivity index (χ2n) is 8.23. The highest BCUT2D eigenvalue weighted by molar-refractivity contribution is 5.95. The van der Waals surface area contributed by atoms with Crippen LogP contribution >= 0.6 is 0 Å². The number of imidazole rings is 1. The van der Waals surface area contributed by atoms with Gasteiger partial charge in [-0.15, -0.1) is 0 Å². The zero-order valence-electron chi connectivity index (χ0n) is 19.4. The minimum Gasteiger partial charge on any atom is -0.378 e. The van der Waals surface area contributed by atoms with Gasteiger partial charge < -0.3 is 19.5 Å². The van der Waals surface area contributed by atoms with Crippen LogP contribution in [0, 0.1) is 6.92 Å². The summed E-state index contributed by atoms with van der Waals surface area (Å²) in [5.74, 6) is 1.27. The summed E-state index contributed by atoms with van der Waals surface area (Å²) in [5.41, 5.74) is 4.45. The minimum absolute atomic E-state index is 0.137. The van der Waals surface area contributed by atoms with Gasteiger partial charge in [-0.3, -0.25) is 9.78 Å². The van der Waals surface area contributed by atoms with E-state index in [9.17, 15) is 4.79 Å². The van der Waals surface area contributed by atoms with E-state index in [1.54, 1.807) is 12.4 Å². The minimum atomic E-state index is -0.313. The lowest BCUT2D eigenvalue weighted by molar-refractivity contribution is 0.0940. The average molecular weight is 458 g/mol. The van der Waals surface area contributed by atoms with Gasteiger partial charge in [0.25, 0.3) is 5.91 Å². The summed E-state index contributed by atoms with van der Waals surface area (Å²) in [6.07, 6.45) is 3.49. The molecular formula is C25H27N7O2. The molecule has 0 bridgehead atoms.